The molecule has 122 valence electrons. The van der Waals surface area contributed by atoms with Crippen LogP contribution in [-0.4, -0.2) is 41.4 Å². The number of hydrogen-bond donors (Lipinski definition) is 2. The number of aromatic nitrogens is 3. The van der Waals surface area contributed by atoms with Gasteiger partial charge in [-0.2, -0.15) is 15.0 Å². The maximum atomic E-state index is 13.5. The summed E-state index contributed by atoms with van der Waals surface area (Å²) in [7, 11) is 1.64. The van der Waals surface area contributed by atoms with Crippen LogP contribution in [0.3, 0.4) is 0 Å². The molecule has 9 heteroatoms. The first-order valence-electron chi connectivity index (χ1n) is 6.83. The van der Waals surface area contributed by atoms with Crippen molar-refractivity contribution in [2.45, 2.75) is 26.0 Å². The predicted molar refractivity (Wildman–Crippen MR) is 78.2 cm³/mol. The number of nitrogens with two attached hydrogens (primary N) is 2. The number of fused-ring (bicyclic) bond motifs is 1. The molecule has 0 fully saturated rings. The van der Waals surface area contributed by atoms with E-state index in [1.165, 1.54) is 4.80 Å². The lowest BCUT2D eigenvalue weighted by Gasteiger charge is -2.09. The lowest BCUT2D eigenvalue weighted by molar-refractivity contribution is 0.0575. The van der Waals surface area contributed by atoms with Crippen LogP contribution in [0.1, 0.15) is 13.3 Å². The van der Waals surface area contributed by atoms with Crippen molar-refractivity contribution in [1.82, 2.24) is 15.0 Å². The van der Waals surface area contributed by atoms with E-state index in [2.05, 4.69) is 10.2 Å². The van der Waals surface area contributed by atoms with Gasteiger partial charge in [-0.3, -0.25) is 0 Å². The first-order chi connectivity index (χ1) is 10.5. The molecule has 0 radical (unpaired) electrons. The highest BCUT2D eigenvalue weighted by Gasteiger charge is 2.20. The van der Waals surface area contributed by atoms with Gasteiger partial charge in [0, 0.05) is 13.7 Å². The van der Waals surface area contributed by atoms with Gasteiger partial charge in [0.2, 0.25) is 0 Å². The normalized spacial score (nSPS) is 12.9. The summed E-state index contributed by atoms with van der Waals surface area (Å²) in [4.78, 5) is 1.26. The van der Waals surface area contributed by atoms with Crippen molar-refractivity contribution in [3.05, 3.63) is 11.6 Å². The highest BCUT2D eigenvalue weighted by molar-refractivity contribution is 5.95. The number of ether oxygens (including phenoxy) is 2. The van der Waals surface area contributed by atoms with Crippen LogP contribution in [0.2, 0.25) is 0 Å². The summed E-state index contributed by atoms with van der Waals surface area (Å²) in [5.41, 5.74) is 10.3. The molecular formula is C13H19F2N5O2. The van der Waals surface area contributed by atoms with Gasteiger partial charge in [0.1, 0.15) is 22.4 Å². The number of benzene rings is 1. The Hall–Kier alpha value is -2.00. The Morgan fingerprint density at radius 3 is 2.14 bits per heavy atom. The number of hydrogen-bond acceptors (Lipinski definition) is 6. The molecule has 4 N–H and O–H groups in total. The summed E-state index contributed by atoms with van der Waals surface area (Å²) in [5.74, 6) is -2.41. The highest BCUT2D eigenvalue weighted by atomic mass is 19.2. The molecule has 1 aromatic carbocycles. The zero-order chi connectivity index (χ0) is 16.3. The lowest BCUT2D eigenvalue weighted by atomic mass is 10.2. The number of rotatable bonds is 7. The van der Waals surface area contributed by atoms with E-state index in [9.17, 15) is 8.78 Å². The van der Waals surface area contributed by atoms with Crippen molar-refractivity contribution in [2.24, 2.45) is 0 Å². The van der Waals surface area contributed by atoms with Crippen LogP contribution in [0.15, 0.2) is 0 Å². The van der Waals surface area contributed by atoms with Crippen LogP contribution in [-0.2, 0) is 16.0 Å². The number of anilines is 2. The van der Waals surface area contributed by atoms with E-state index in [0.717, 1.165) is 6.42 Å². The standard InChI is InChI=1S/C13H19F2N5O2/c1-7(21-2)3-5-22-6-4-20-18-12-10(16)8(14)9(15)11(17)13(12)19-20/h7H,3-6,16-17H2,1-2H3. The fraction of sp³-hybridized carbons (Fsp3) is 0.538. The van der Waals surface area contributed by atoms with Gasteiger partial charge in [-0.1, -0.05) is 0 Å². The molecule has 7 nitrogen and oxygen atoms in total. The van der Waals surface area contributed by atoms with Crippen LogP contribution in [0.25, 0.3) is 11.0 Å². The van der Waals surface area contributed by atoms with E-state index in [1.807, 2.05) is 6.92 Å². The van der Waals surface area contributed by atoms with Gasteiger partial charge in [-0.05, 0) is 13.3 Å². The van der Waals surface area contributed by atoms with Gasteiger partial charge in [0.15, 0.2) is 11.6 Å². The zero-order valence-electron chi connectivity index (χ0n) is 12.5. The van der Waals surface area contributed by atoms with Crippen LogP contribution >= 0.6 is 0 Å². The van der Waals surface area contributed by atoms with Crippen LogP contribution < -0.4 is 11.5 Å². The summed E-state index contributed by atoms with van der Waals surface area (Å²) in [5, 5.41) is 8.03. The Bertz CT molecular complexity index is 617. The maximum Gasteiger partial charge on any atom is 0.186 e. The fourth-order valence-corrected chi connectivity index (χ4v) is 1.87. The molecule has 0 aliphatic heterocycles. The summed E-state index contributed by atoms with van der Waals surface area (Å²) in [6, 6.07) is 0. The SMILES string of the molecule is COC(C)CCOCCn1nc2c(N)c(F)c(F)c(N)c2n1. The third kappa shape index (κ3) is 3.25. The van der Waals surface area contributed by atoms with Crippen molar-refractivity contribution in [3.63, 3.8) is 0 Å². The van der Waals surface area contributed by atoms with Crippen LogP contribution in [0, 0.1) is 11.6 Å². The molecule has 0 aliphatic rings. The molecule has 1 aromatic heterocycles. The topological polar surface area (TPSA) is 101 Å². The Balaban J connectivity index is 2.02. The number of halogens is 2. The molecule has 2 aromatic rings. The summed E-state index contributed by atoms with van der Waals surface area (Å²) < 4.78 is 37.5. The van der Waals surface area contributed by atoms with Crippen LogP contribution in [0.4, 0.5) is 20.2 Å². The number of nitrogen functional groups attached to an aromatic ring is 2. The fourth-order valence-electron chi connectivity index (χ4n) is 1.87. The van der Waals surface area contributed by atoms with Gasteiger partial charge >= 0.3 is 0 Å². The average Bonchev–Trinajstić information content (AvgIpc) is 2.94. The lowest BCUT2D eigenvalue weighted by Crippen LogP contribution is -2.13. The van der Waals surface area contributed by atoms with Crippen molar-refractivity contribution in [2.75, 3.05) is 31.8 Å². The monoisotopic (exact) mass is 315 g/mol. The Morgan fingerprint density at radius 2 is 1.64 bits per heavy atom. The average molecular weight is 315 g/mol. The molecule has 0 bridgehead atoms. The minimum atomic E-state index is -1.21. The van der Waals surface area contributed by atoms with E-state index >= 15 is 0 Å². The van der Waals surface area contributed by atoms with Crippen molar-refractivity contribution >= 4 is 22.4 Å². The molecule has 1 unspecified atom stereocenters. The minimum absolute atomic E-state index is 0.0457. The molecule has 0 amide bonds. The van der Waals surface area contributed by atoms with Gasteiger partial charge in [0.05, 0.1) is 19.3 Å². The second kappa shape index (κ2) is 6.84. The first kappa shape index (κ1) is 16.4. The molecule has 0 saturated heterocycles. The van der Waals surface area contributed by atoms with Gasteiger partial charge in [0.25, 0.3) is 0 Å². The predicted octanol–water partition coefficient (Wildman–Crippen LogP) is 1.32. The third-order valence-corrected chi connectivity index (χ3v) is 3.34. The molecule has 1 atom stereocenters. The Labute approximate surface area is 126 Å². The summed E-state index contributed by atoms with van der Waals surface area (Å²) >= 11 is 0. The molecule has 0 aliphatic carbocycles. The van der Waals surface area contributed by atoms with E-state index in [-0.39, 0.29) is 17.1 Å². The van der Waals surface area contributed by atoms with E-state index in [1.54, 1.807) is 7.11 Å². The number of nitrogens with zero attached hydrogens (tertiary/aromatic N) is 3. The smallest absolute Gasteiger partial charge is 0.186 e. The Morgan fingerprint density at radius 1 is 1.09 bits per heavy atom. The van der Waals surface area contributed by atoms with Crippen LogP contribution in [0.5, 0.6) is 0 Å². The van der Waals surface area contributed by atoms with Crippen molar-refractivity contribution in [3.8, 4) is 0 Å². The van der Waals surface area contributed by atoms with Gasteiger partial charge in [-0.25, -0.2) is 8.78 Å². The second-order valence-electron chi connectivity index (χ2n) is 4.90. The summed E-state index contributed by atoms with van der Waals surface area (Å²) in [6.45, 7) is 3.14. The van der Waals surface area contributed by atoms with Crippen molar-refractivity contribution < 1.29 is 18.3 Å². The van der Waals surface area contributed by atoms with E-state index in [4.69, 9.17) is 20.9 Å². The van der Waals surface area contributed by atoms with Gasteiger partial charge in [-0.15, -0.1) is 0 Å². The largest absolute Gasteiger partial charge is 0.394 e. The molecular weight excluding hydrogens is 296 g/mol. The quantitative estimate of drug-likeness (QED) is 0.590. The zero-order valence-corrected chi connectivity index (χ0v) is 12.5. The first-order valence-corrected chi connectivity index (χ1v) is 6.83. The van der Waals surface area contributed by atoms with E-state index < -0.39 is 23.0 Å². The molecule has 1 heterocycles. The second-order valence-corrected chi connectivity index (χ2v) is 4.90. The molecule has 2 rings (SSSR count). The maximum absolute atomic E-state index is 13.5. The molecule has 22 heavy (non-hydrogen) atoms. The highest BCUT2D eigenvalue weighted by Crippen LogP contribution is 2.29. The molecule has 0 spiro atoms. The van der Waals surface area contributed by atoms with Gasteiger partial charge < -0.3 is 20.9 Å². The Kier molecular flexibility index (Phi) is 5.09. The third-order valence-electron chi connectivity index (χ3n) is 3.34. The van der Waals surface area contributed by atoms with E-state index in [0.29, 0.717) is 19.8 Å². The number of methoxy groups -OCH3 is 1. The minimum Gasteiger partial charge on any atom is -0.394 e. The molecule has 0 saturated carbocycles. The summed E-state index contributed by atoms with van der Waals surface area (Å²) in [6.07, 6.45) is 0.886. The van der Waals surface area contributed by atoms with Crippen molar-refractivity contribution in [1.29, 1.82) is 0 Å².